The van der Waals surface area contributed by atoms with Crippen LogP contribution in [0.5, 0.6) is 0 Å². The summed E-state index contributed by atoms with van der Waals surface area (Å²) in [6.07, 6.45) is 3.76. The quantitative estimate of drug-likeness (QED) is 0.249. The third-order valence-corrected chi connectivity index (χ3v) is 4.99. The predicted molar refractivity (Wildman–Crippen MR) is 126 cm³/mol. The third-order valence-electron chi connectivity index (χ3n) is 4.99. The van der Waals surface area contributed by atoms with Gasteiger partial charge in [0, 0.05) is 21.3 Å². The lowest BCUT2D eigenvalue weighted by Gasteiger charge is -2.25. The molecule has 1 saturated heterocycles. The van der Waals surface area contributed by atoms with Crippen molar-refractivity contribution >= 4 is 5.91 Å². The monoisotopic (exact) mass is 479 g/mol. The first kappa shape index (κ1) is 27.8. The lowest BCUT2D eigenvalue weighted by molar-refractivity contribution is -0.138. The second-order valence-electron chi connectivity index (χ2n) is 7.37. The minimum absolute atomic E-state index is 0.205. The van der Waals surface area contributed by atoms with Crippen LogP contribution < -0.4 is 0 Å². The van der Waals surface area contributed by atoms with Gasteiger partial charge in [0.1, 0.15) is 25.7 Å². The van der Waals surface area contributed by atoms with Crippen molar-refractivity contribution in [3.8, 4) is 0 Å². The van der Waals surface area contributed by atoms with E-state index in [0.717, 1.165) is 17.0 Å². The third kappa shape index (κ3) is 9.44. The van der Waals surface area contributed by atoms with Crippen LogP contribution in [0.2, 0.25) is 0 Å². The summed E-state index contributed by atoms with van der Waals surface area (Å²) in [6.45, 7) is 3.69. The number of hydrogen-bond donors (Lipinski definition) is 0. The molecule has 0 N–H and O–H groups in total. The number of allylic oxidation sites excluding steroid dienone is 2. The summed E-state index contributed by atoms with van der Waals surface area (Å²) in [4.78, 5) is 15.2. The summed E-state index contributed by atoms with van der Waals surface area (Å²) in [5.74, 6) is -0.205. The SMILES string of the molecule is COCCOCCO/C=C1/CC/C(=C\OCCOCCOC)N1C(=O)[C@@H](OC)c1ccccc1. The van der Waals surface area contributed by atoms with Gasteiger partial charge in [0.05, 0.1) is 51.0 Å². The van der Waals surface area contributed by atoms with Gasteiger partial charge in [0.15, 0.2) is 6.10 Å². The Bertz CT molecular complexity index is 719. The number of amides is 1. The number of methoxy groups -OCH3 is 3. The molecule has 9 nitrogen and oxygen atoms in total. The molecule has 1 atom stereocenters. The number of likely N-dealkylation sites (tertiary alicyclic amines) is 1. The molecule has 0 radical (unpaired) electrons. The van der Waals surface area contributed by atoms with Crippen LogP contribution in [0, 0.1) is 0 Å². The van der Waals surface area contributed by atoms with E-state index in [0.29, 0.717) is 65.7 Å². The van der Waals surface area contributed by atoms with Crippen molar-refractivity contribution < 1.29 is 38.0 Å². The molecule has 0 unspecified atom stereocenters. The number of carbonyl (C=O) groups excluding carboxylic acids is 1. The summed E-state index contributed by atoms with van der Waals surface area (Å²) in [7, 11) is 4.78. The average molecular weight is 480 g/mol. The Hall–Kier alpha value is -2.43. The molecule has 1 amide bonds. The molecule has 0 saturated carbocycles. The van der Waals surface area contributed by atoms with Crippen LogP contribution in [-0.4, -0.2) is 85.0 Å². The molecule has 1 aliphatic rings. The molecule has 2 rings (SSSR count). The number of benzene rings is 1. The van der Waals surface area contributed by atoms with Crippen LogP contribution in [0.1, 0.15) is 24.5 Å². The largest absolute Gasteiger partial charge is 0.497 e. The molecule has 1 aromatic rings. The molecule has 0 aromatic heterocycles. The smallest absolute Gasteiger partial charge is 0.264 e. The molecule has 34 heavy (non-hydrogen) atoms. The van der Waals surface area contributed by atoms with Crippen LogP contribution >= 0.6 is 0 Å². The van der Waals surface area contributed by atoms with Crippen molar-refractivity contribution in [3.63, 3.8) is 0 Å². The molecule has 0 aliphatic carbocycles. The van der Waals surface area contributed by atoms with Crippen molar-refractivity contribution in [3.05, 3.63) is 59.8 Å². The second-order valence-corrected chi connectivity index (χ2v) is 7.37. The van der Waals surface area contributed by atoms with Crippen LogP contribution in [0.4, 0.5) is 0 Å². The molecule has 1 fully saturated rings. The Balaban J connectivity index is 2.05. The minimum atomic E-state index is -0.749. The van der Waals surface area contributed by atoms with Gasteiger partial charge in [-0.2, -0.15) is 0 Å². The topological polar surface area (TPSA) is 84.9 Å². The van der Waals surface area contributed by atoms with Crippen molar-refractivity contribution in [1.29, 1.82) is 0 Å². The predicted octanol–water partition coefficient (Wildman–Crippen LogP) is 3.04. The molecule has 190 valence electrons. The fraction of sp³-hybridized carbons (Fsp3) is 0.560. The van der Waals surface area contributed by atoms with Crippen molar-refractivity contribution in [2.24, 2.45) is 0 Å². The first-order chi connectivity index (χ1) is 16.7. The molecule has 1 heterocycles. The molecule has 0 spiro atoms. The van der Waals surface area contributed by atoms with E-state index in [2.05, 4.69) is 0 Å². The lowest BCUT2D eigenvalue weighted by Crippen LogP contribution is -2.32. The maximum absolute atomic E-state index is 13.5. The van der Waals surface area contributed by atoms with Gasteiger partial charge in [-0.3, -0.25) is 9.69 Å². The number of nitrogens with zero attached hydrogens (tertiary/aromatic N) is 1. The van der Waals surface area contributed by atoms with E-state index in [9.17, 15) is 4.79 Å². The van der Waals surface area contributed by atoms with Crippen LogP contribution in [-0.2, 0) is 38.0 Å². The number of hydrogen-bond acceptors (Lipinski definition) is 8. The van der Waals surface area contributed by atoms with E-state index in [1.165, 1.54) is 7.11 Å². The molecule has 1 aromatic carbocycles. The average Bonchev–Trinajstić information content (AvgIpc) is 3.26. The van der Waals surface area contributed by atoms with E-state index < -0.39 is 6.10 Å². The summed E-state index contributed by atoms with van der Waals surface area (Å²) in [5, 5.41) is 0. The van der Waals surface area contributed by atoms with Gasteiger partial charge >= 0.3 is 0 Å². The molecule has 9 heteroatoms. The summed E-state index contributed by atoms with van der Waals surface area (Å²) < 4.78 is 37.6. The zero-order valence-corrected chi connectivity index (χ0v) is 20.4. The van der Waals surface area contributed by atoms with Gasteiger partial charge in [-0.1, -0.05) is 30.3 Å². The van der Waals surface area contributed by atoms with E-state index in [1.54, 1.807) is 31.6 Å². The van der Waals surface area contributed by atoms with Gasteiger partial charge in [0.25, 0.3) is 5.91 Å². The summed E-state index contributed by atoms with van der Waals surface area (Å²) >= 11 is 0. The summed E-state index contributed by atoms with van der Waals surface area (Å²) in [5.41, 5.74) is 2.26. The Labute approximate surface area is 202 Å². The lowest BCUT2D eigenvalue weighted by atomic mass is 10.1. The van der Waals surface area contributed by atoms with Gasteiger partial charge in [-0.05, 0) is 18.4 Å². The van der Waals surface area contributed by atoms with Crippen LogP contribution in [0.15, 0.2) is 54.3 Å². The van der Waals surface area contributed by atoms with Gasteiger partial charge < -0.3 is 33.2 Å². The molecule has 1 aliphatic heterocycles. The summed E-state index contributed by atoms with van der Waals surface area (Å²) in [6, 6.07) is 9.41. The van der Waals surface area contributed by atoms with E-state index in [4.69, 9.17) is 33.2 Å². The highest BCUT2D eigenvalue weighted by atomic mass is 16.5. The Morgan fingerprint density at radius 3 is 1.76 bits per heavy atom. The van der Waals surface area contributed by atoms with Crippen molar-refractivity contribution in [2.75, 3.05) is 74.2 Å². The highest BCUT2D eigenvalue weighted by Gasteiger charge is 2.34. The van der Waals surface area contributed by atoms with Crippen molar-refractivity contribution in [2.45, 2.75) is 18.9 Å². The molecule has 0 bridgehead atoms. The Morgan fingerprint density at radius 1 is 0.794 bits per heavy atom. The first-order valence-corrected chi connectivity index (χ1v) is 11.4. The second kappa shape index (κ2) is 17.1. The highest BCUT2D eigenvalue weighted by molar-refractivity contribution is 5.86. The number of rotatable bonds is 17. The fourth-order valence-corrected chi connectivity index (χ4v) is 3.31. The zero-order valence-electron chi connectivity index (χ0n) is 20.4. The van der Waals surface area contributed by atoms with Gasteiger partial charge in [-0.25, -0.2) is 0 Å². The standard InChI is InChI=1S/C25H37NO8/c1-28-11-13-31-15-17-33-19-22-9-10-23(20-34-18-16-32-14-12-29-2)26(22)25(27)24(30-3)21-7-5-4-6-8-21/h4-8,19-20,24H,9-18H2,1-3H3/b22-19-,23-20+/t24-/m0/s1. The number of carbonyl (C=O) groups is 1. The molecular weight excluding hydrogens is 442 g/mol. The molecular formula is C25H37NO8. The highest BCUT2D eigenvalue weighted by Crippen LogP contribution is 2.34. The first-order valence-electron chi connectivity index (χ1n) is 11.4. The van der Waals surface area contributed by atoms with Gasteiger partial charge in [-0.15, -0.1) is 0 Å². The Morgan fingerprint density at radius 2 is 1.29 bits per heavy atom. The Kier molecular flexibility index (Phi) is 14.0. The maximum Gasteiger partial charge on any atom is 0.264 e. The zero-order chi connectivity index (χ0) is 24.4. The van der Waals surface area contributed by atoms with Crippen LogP contribution in [0.25, 0.3) is 0 Å². The van der Waals surface area contributed by atoms with E-state index in [1.807, 2.05) is 30.3 Å². The van der Waals surface area contributed by atoms with Crippen LogP contribution in [0.3, 0.4) is 0 Å². The van der Waals surface area contributed by atoms with Crippen molar-refractivity contribution in [1.82, 2.24) is 4.90 Å². The minimum Gasteiger partial charge on any atom is -0.497 e. The normalized spacial score (nSPS) is 16.9. The van der Waals surface area contributed by atoms with E-state index in [-0.39, 0.29) is 5.91 Å². The fourth-order valence-electron chi connectivity index (χ4n) is 3.31. The maximum atomic E-state index is 13.5. The number of ether oxygens (including phenoxy) is 7. The van der Waals surface area contributed by atoms with Gasteiger partial charge in [0.2, 0.25) is 0 Å². The van der Waals surface area contributed by atoms with E-state index >= 15 is 0 Å².